The van der Waals surface area contributed by atoms with E-state index in [0.717, 1.165) is 18.4 Å². The highest BCUT2D eigenvalue weighted by Crippen LogP contribution is 2.39. The highest BCUT2D eigenvalue weighted by atomic mass is 19.1. The lowest BCUT2D eigenvalue weighted by atomic mass is 9.96. The Bertz CT molecular complexity index is 1160. The second kappa shape index (κ2) is 10.6. The minimum Gasteiger partial charge on any atom is -0.376 e. The van der Waals surface area contributed by atoms with Gasteiger partial charge in [-0.3, -0.25) is 19.3 Å². The molecule has 2 atom stereocenters. The molecule has 0 bridgehead atoms. The first-order chi connectivity index (χ1) is 17.9. The average Bonchev–Trinajstić information content (AvgIpc) is 3.56. The van der Waals surface area contributed by atoms with Crippen molar-refractivity contribution in [3.05, 3.63) is 71.0 Å². The number of halogens is 1. The number of amides is 3. The molecule has 3 saturated heterocycles. The quantitative estimate of drug-likeness (QED) is 0.670. The summed E-state index contributed by atoms with van der Waals surface area (Å²) in [5.74, 6) is -1.53. The topological polar surface area (TPSA) is 88.2 Å². The molecule has 2 unspecified atom stereocenters. The molecule has 2 aromatic carbocycles. The Morgan fingerprint density at radius 3 is 2.46 bits per heavy atom. The number of hydrogen-bond acceptors (Lipinski definition) is 5. The minimum atomic E-state index is -1.03. The molecule has 196 valence electrons. The number of benzene rings is 2. The van der Waals surface area contributed by atoms with Crippen LogP contribution in [0.2, 0.25) is 0 Å². The molecule has 0 aromatic heterocycles. The number of piperidine rings is 1. The summed E-state index contributed by atoms with van der Waals surface area (Å²) in [5, 5.41) is 2.94. The maximum absolute atomic E-state index is 14.2. The van der Waals surface area contributed by atoms with Gasteiger partial charge in [0.25, 0.3) is 11.8 Å². The smallest absolute Gasteiger partial charge is 0.256 e. The molecule has 3 amide bonds. The van der Waals surface area contributed by atoms with Gasteiger partial charge in [0.15, 0.2) is 0 Å². The molecule has 1 spiro atoms. The third-order valence-corrected chi connectivity index (χ3v) is 7.54. The van der Waals surface area contributed by atoms with E-state index in [0.29, 0.717) is 31.6 Å². The number of ether oxygens (including phenoxy) is 2. The number of carbonyl (C=O) groups is 3. The molecule has 1 N–H and O–H groups in total. The Morgan fingerprint density at radius 2 is 1.78 bits per heavy atom. The number of nitrogens with zero attached hydrogens (tertiary/aromatic N) is 2. The Labute approximate surface area is 215 Å². The lowest BCUT2D eigenvalue weighted by Gasteiger charge is -2.44. The summed E-state index contributed by atoms with van der Waals surface area (Å²) in [5.41, 5.74) is 0.483. The molecule has 2 aromatic rings. The van der Waals surface area contributed by atoms with E-state index >= 15 is 0 Å². The van der Waals surface area contributed by atoms with Crippen LogP contribution in [0.25, 0.3) is 0 Å². The van der Waals surface area contributed by atoms with Crippen LogP contribution in [-0.2, 0) is 14.3 Å². The standard InChI is InChI=1S/C28H32FN3O5/c1-19-8-10-20(11-9-19)26(34)32-24(25(33)30-17-21-5-4-16-36-21)18-37-28(32)12-14-31(15-13-28)27(35)22-6-2-3-7-23(22)29/h2-3,6-11,21,24H,4-5,12-18H2,1H3,(H,30,33). The molecule has 3 fully saturated rings. The first kappa shape index (κ1) is 25.4. The van der Waals surface area contributed by atoms with Gasteiger partial charge in [0, 0.05) is 44.6 Å². The summed E-state index contributed by atoms with van der Waals surface area (Å²) in [6.45, 7) is 3.63. The molecular weight excluding hydrogens is 477 g/mol. The van der Waals surface area contributed by atoms with Gasteiger partial charge in [-0.05, 0) is 44.0 Å². The number of rotatable bonds is 5. The van der Waals surface area contributed by atoms with E-state index < -0.39 is 23.5 Å². The summed E-state index contributed by atoms with van der Waals surface area (Å²) in [7, 11) is 0. The van der Waals surface area contributed by atoms with Gasteiger partial charge in [-0.1, -0.05) is 29.8 Å². The largest absolute Gasteiger partial charge is 0.376 e. The first-order valence-corrected chi connectivity index (χ1v) is 12.9. The number of hydrogen-bond donors (Lipinski definition) is 1. The van der Waals surface area contributed by atoms with Gasteiger partial charge in [-0.2, -0.15) is 0 Å². The zero-order valence-corrected chi connectivity index (χ0v) is 21.0. The van der Waals surface area contributed by atoms with E-state index in [-0.39, 0.29) is 43.2 Å². The normalized spacial score (nSPS) is 22.9. The Hall–Kier alpha value is -3.30. The van der Waals surface area contributed by atoms with Gasteiger partial charge < -0.3 is 19.7 Å². The number of likely N-dealkylation sites (tertiary alicyclic amines) is 1. The highest BCUT2D eigenvalue weighted by Gasteiger charge is 2.54. The van der Waals surface area contributed by atoms with Crippen LogP contribution in [-0.4, -0.2) is 78.2 Å². The SMILES string of the molecule is Cc1ccc(C(=O)N2C(C(=O)NCC3CCCO3)COC23CCN(C(=O)c2ccccc2F)CC3)cc1. The van der Waals surface area contributed by atoms with Gasteiger partial charge in [0.2, 0.25) is 5.91 Å². The molecule has 3 aliphatic heterocycles. The number of nitrogens with one attached hydrogen (secondary N) is 1. The second-order valence-corrected chi connectivity index (χ2v) is 9.97. The molecular formula is C28H32FN3O5. The fraction of sp³-hybridized carbons (Fsp3) is 0.464. The predicted molar refractivity (Wildman–Crippen MR) is 133 cm³/mol. The van der Waals surface area contributed by atoms with Gasteiger partial charge in [-0.25, -0.2) is 4.39 Å². The van der Waals surface area contributed by atoms with Crippen molar-refractivity contribution in [3.63, 3.8) is 0 Å². The maximum Gasteiger partial charge on any atom is 0.256 e. The third kappa shape index (κ3) is 5.10. The Balaban J connectivity index is 1.35. The van der Waals surface area contributed by atoms with E-state index in [1.54, 1.807) is 34.1 Å². The predicted octanol–water partition coefficient (Wildman–Crippen LogP) is 2.90. The van der Waals surface area contributed by atoms with Crippen LogP contribution in [0, 0.1) is 12.7 Å². The molecule has 9 heteroatoms. The monoisotopic (exact) mass is 509 g/mol. The van der Waals surface area contributed by atoms with Gasteiger partial charge in [0.05, 0.1) is 18.3 Å². The number of carbonyl (C=O) groups excluding carboxylic acids is 3. The molecule has 3 heterocycles. The molecule has 0 radical (unpaired) electrons. The van der Waals surface area contributed by atoms with Crippen molar-refractivity contribution in [3.8, 4) is 0 Å². The van der Waals surface area contributed by atoms with Crippen molar-refractivity contribution in [2.24, 2.45) is 0 Å². The van der Waals surface area contributed by atoms with Crippen LogP contribution in [0.15, 0.2) is 48.5 Å². The van der Waals surface area contributed by atoms with Crippen molar-refractivity contribution in [1.82, 2.24) is 15.1 Å². The summed E-state index contributed by atoms with van der Waals surface area (Å²) < 4.78 is 26.1. The fourth-order valence-electron chi connectivity index (χ4n) is 5.40. The molecule has 0 saturated carbocycles. The maximum atomic E-state index is 14.2. The zero-order valence-electron chi connectivity index (χ0n) is 21.0. The third-order valence-electron chi connectivity index (χ3n) is 7.54. The summed E-state index contributed by atoms with van der Waals surface area (Å²) in [6, 6.07) is 12.3. The Morgan fingerprint density at radius 1 is 1.05 bits per heavy atom. The van der Waals surface area contributed by atoms with Crippen LogP contribution in [0.4, 0.5) is 4.39 Å². The summed E-state index contributed by atoms with van der Waals surface area (Å²) in [4.78, 5) is 43.2. The molecule has 3 aliphatic rings. The molecule has 37 heavy (non-hydrogen) atoms. The van der Waals surface area contributed by atoms with Crippen LogP contribution in [0.3, 0.4) is 0 Å². The van der Waals surface area contributed by atoms with Crippen molar-refractivity contribution >= 4 is 17.7 Å². The average molecular weight is 510 g/mol. The highest BCUT2D eigenvalue weighted by molar-refractivity contribution is 5.98. The minimum absolute atomic E-state index is 0.0183. The Kier molecular flexibility index (Phi) is 7.26. The van der Waals surface area contributed by atoms with E-state index in [1.165, 1.54) is 12.1 Å². The van der Waals surface area contributed by atoms with E-state index in [2.05, 4.69) is 5.32 Å². The van der Waals surface area contributed by atoms with Crippen molar-refractivity contribution in [1.29, 1.82) is 0 Å². The zero-order chi connectivity index (χ0) is 26.0. The lowest BCUT2D eigenvalue weighted by molar-refractivity contribution is -0.128. The fourth-order valence-corrected chi connectivity index (χ4v) is 5.40. The van der Waals surface area contributed by atoms with Crippen molar-refractivity contribution in [2.45, 2.75) is 50.5 Å². The van der Waals surface area contributed by atoms with E-state index in [9.17, 15) is 18.8 Å². The van der Waals surface area contributed by atoms with Gasteiger partial charge in [-0.15, -0.1) is 0 Å². The summed E-state index contributed by atoms with van der Waals surface area (Å²) in [6.07, 6.45) is 2.48. The van der Waals surface area contributed by atoms with E-state index in [1.807, 2.05) is 19.1 Å². The van der Waals surface area contributed by atoms with Crippen LogP contribution in [0.1, 0.15) is 52.0 Å². The van der Waals surface area contributed by atoms with Gasteiger partial charge >= 0.3 is 0 Å². The molecule has 5 rings (SSSR count). The van der Waals surface area contributed by atoms with Crippen molar-refractivity contribution < 1.29 is 28.2 Å². The second-order valence-electron chi connectivity index (χ2n) is 9.97. The van der Waals surface area contributed by atoms with E-state index in [4.69, 9.17) is 9.47 Å². The summed E-state index contributed by atoms with van der Waals surface area (Å²) >= 11 is 0. The van der Waals surface area contributed by atoms with Crippen molar-refractivity contribution in [2.75, 3.05) is 32.8 Å². The van der Waals surface area contributed by atoms with Crippen LogP contribution < -0.4 is 5.32 Å². The van der Waals surface area contributed by atoms with Crippen LogP contribution >= 0.6 is 0 Å². The molecule has 0 aliphatic carbocycles. The molecule has 8 nitrogen and oxygen atoms in total. The lowest BCUT2D eigenvalue weighted by Crippen LogP contribution is -2.60. The number of aryl methyl sites for hydroxylation is 1. The van der Waals surface area contributed by atoms with Gasteiger partial charge in [0.1, 0.15) is 17.6 Å². The van der Waals surface area contributed by atoms with Crippen LogP contribution in [0.5, 0.6) is 0 Å². The first-order valence-electron chi connectivity index (χ1n) is 12.9.